The lowest BCUT2D eigenvalue weighted by Crippen LogP contribution is -2.32. The average molecular weight is 359 g/mol. The van der Waals surface area contributed by atoms with Gasteiger partial charge < -0.3 is 9.32 Å². The number of rotatable bonds is 5. The van der Waals surface area contributed by atoms with Gasteiger partial charge in [-0.15, -0.1) is 11.3 Å². The van der Waals surface area contributed by atoms with Gasteiger partial charge in [-0.05, 0) is 24.6 Å². The maximum Gasteiger partial charge on any atom is 0.420 e. The highest BCUT2D eigenvalue weighted by Crippen LogP contribution is 2.20. The highest BCUT2D eigenvalue weighted by atomic mass is 32.1. The molecule has 2 heterocycles. The van der Waals surface area contributed by atoms with Gasteiger partial charge >= 0.3 is 5.76 Å². The molecule has 0 saturated carbocycles. The summed E-state index contributed by atoms with van der Waals surface area (Å²) >= 11 is 1.60. The Labute approximate surface area is 149 Å². The summed E-state index contributed by atoms with van der Waals surface area (Å²) in [6, 6.07) is 5.47. The quantitative estimate of drug-likeness (QED) is 0.702. The molecular formula is C18H21N3O3S. The van der Waals surface area contributed by atoms with Gasteiger partial charge in [0.25, 0.3) is 0 Å². The molecule has 2 aromatic heterocycles. The first-order chi connectivity index (χ1) is 11.8. The van der Waals surface area contributed by atoms with Crippen LogP contribution in [0.5, 0.6) is 0 Å². The summed E-state index contributed by atoms with van der Waals surface area (Å²) in [5, 5.41) is 3.03. The molecular weight excluding hydrogens is 338 g/mol. The Kier molecular flexibility index (Phi) is 4.76. The van der Waals surface area contributed by atoms with Crippen LogP contribution in [0, 0.1) is 6.92 Å². The summed E-state index contributed by atoms with van der Waals surface area (Å²) in [4.78, 5) is 30.7. The van der Waals surface area contributed by atoms with Crippen molar-refractivity contribution in [1.82, 2.24) is 14.5 Å². The number of fused-ring (bicyclic) bond motifs is 1. The molecule has 1 aromatic carbocycles. The second-order valence-electron chi connectivity index (χ2n) is 6.51. The van der Waals surface area contributed by atoms with E-state index >= 15 is 0 Å². The Morgan fingerprint density at radius 1 is 1.40 bits per heavy atom. The van der Waals surface area contributed by atoms with Crippen LogP contribution in [0.2, 0.25) is 0 Å². The van der Waals surface area contributed by atoms with Crippen molar-refractivity contribution < 1.29 is 9.21 Å². The van der Waals surface area contributed by atoms with Gasteiger partial charge in [-0.3, -0.25) is 9.36 Å². The molecule has 0 aliphatic heterocycles. The summed E-state index contributed by atoms with van der Waals surface area (Å²) in [6.07, 6.45) is 0. The third-order valence-corrected chi connectivity index (χ3v) is 5.20. The summed E-state index contributed by atoms with van der Waals surface area (Å²) in [7, 11) is 1.72. The molecule has 0 atom stereocenters. The number of carbonyl (C=O) groups is 1. The highest BCUT2D eigenvalue weighted by molar-refractivity contribution is 7.09. The molecule has 0 N–H and O–H groups in total. The molecule has 0 spiro atoms. The van der Waals surface area contributed by atoms with E-state index in [-0.39, 0.29) is 12.5 Å². The van der Waals surface area contributed by atoms with Gasteiger partial charge in [-0.1, -0.05) is 19.9 Å². The predicted octanol–water partition coefficient (Wildman–Crippen LogP) is 3.14. The van der Waals surface area contributed by atoms with Gasteiger partial charge in [0, 0.05) is 18.3 Å². The standard InChI is InChI=1S/C18H21N3O3S/c1-11(2)17-19-13(10-25-17)8-20(4)16(22)9-21-14-7-12(3)5-6-15(14)24-18(21)23/h5-7,10-11H,8-9H2,1-4H3. The van der Waals surface area contributed by atoms with Gasteiger partial charge in [-0.2, -0.15) is 0 Å². The molecule has 132 valence electrons. The van der Waals surface area contributed by atoms with Crippen molar-refractivity contribution in [3.63, 3.8) is 0 Å². The van der Waals surface area contributed by atoms with Crippen molar-refractivity contribution in [2.45, 2.75) is 39.8 Å². The maximum atomic E-state index is 12.5. The Balaban J connectivity index is 1.76. The first-order valence-corrected chi connectivity index (χ1v) is 9.01. The molecule has 0 radical (unpaired) electrons. The molecule has 0 aliphatic rings. The predicted molar refractivity (Wildman–Crippen MR) is 97.9 cm³/mol. The topological polar surface area (TPSA) is 68.3 Å². The molecule has 7 heteroatoms. The number of likely N-dealkylation sites (N-methyl/N-ethyl adjacent to an activating group) is 1. The van der Waals surface area contributed by atoms with Gasteiger partial charge in [0.2, 0.25) is 5.91 Å². The molecule has 0 fully saturated rings. The number of carbonyl (C=O) groups excluding carboxylic acids is 1. The van der Waals surface area contributed by atoms with E-state index in [1.165, 1.54) is 4.57 Å². The lowest BCUT2D eigenvalue weighted by molar-refractivity contribution is -0.131. The number of hydrogen-bond donors (Lipinski definition) is 0. The van der Waals surface area contributed by atoms with E-state index < -0.39 is 5.76 Å². The molecule has 0 saturated heterocycles. The zero-order valence-corrected chi connectivity index (χ0v) is 15.6. The van der Waals surface area contributed by atoms with Crippen LogP contribution in [0.25, 0.3) is 11.1 Å². The summed E-state index contributed by atoms with van der Waals surface area (Å²) in [5.41, 5.74) is 3.01. The summed E-state index contributed by atoms with van der Waals surface area (Å²) in [5.74, 6) is -0.303. The lowest BCUT2D eigenvalue weighted by atomic mass is 10.2. The van der Waals surface area contributed by atoms with Crippen LogP contribution < -0.4 is 5.76 Å². The number of thiazole rings is 1. The van der Waals surface area contributed by atoms with Crippen LogP contribution in [-0.4, -0.2) is 27.4 Å². The van der Waals surface area contributed by atoms with Crippen molar-refractivity contribution in [3.05, 3.63) is 50.4 Å². The van der Waals surface area contributed by atoms with Crippen molar-refractivity contribution in [2.75, 3.05) is 7.05 Å². The third-order valence-electron chi connectivity index (χ3n) is 4.00. The first-order valence-electron chi connectivity index (χ1n) is 8.13. The van der Waals surface area contributed by atoms with E-state index in [1.54, 1.807) is 29.4 Å². The number of aryl methyl sites for hydroxylation is 1. The van der Waals surface area contributed by atoms with E-state index in [2.05, 4.69) is 18.8 Å². The Morgan fingerprint density at radius 3 is 2.84 bits per heavy atom. The number of aromatic nitrogens is 2. The minimum atomic E-state index is -0.516. The van der Waals surface area contributed by atoms with Crippen LogP contribution >= 0.6 is 11.3 Å². The summed E-state index contributed by atoms with van der Waals surface area (Å²) < 4.78 is 6.59. The van der Waals surface area contributed by atoms with Crippen molar-refractivity contribution >= 4 is 28.3 Å². The zero-order chi connectivity index (χ0) is 18.1. The molecule has 0 unspecified atom stereocenters. The summed E-state index contributed by atoms with van der Waals surface area (Å²) in [6.45, 7) is 6.49. The Bertz CT molecular complexity index is 968. The number of amides is 1. The van der Waals surface area contributed by atoms with Gasteiger partial charge in [0.05, 0.1) is 22.8 Å². The largest absolute Gasteiger partial charge is 0.420 e. The van der Waals surface area contributed by atoms with Crippen LogP contribution in [0.1, 0.15) is 36.0 Å². The van der Waals surface area contributed by atoms with Crippen LogP contribution in [0.4, 0.5) is 0 Å². The first kappa shape index (κ1) is 17.4. The SMILES string of the molecule is Cc1ccc2oc(=O)n(CC(=O)N(C)Cc3csc(C(C)C)n3)c2c1. The fourth-order valence-electron chi connectivity index (χ4n) is 2.57. The fourth-order valence-corrected chi connectivity index (χ4v) is 3.40. The number of oxazole rings is 1. The molecule has 0 aliphatic carbocycles. The number of hydrogen-bond acceptors (Lipinski definition) is 5. The third kappa shape index (κ3) is 3.66. The molecule has 3 aromatic rings. The van der Waals surface area contributed by atoms with E-state index in [0.29, 0.717) is 23.6 Å². The minimum absolute atomic E-state index is 0.0486. The molecule has 3 rings (SSSR count). The monoisotopic (exact) mass is 359 g/mol. The molecule has 25 heavy (non-hydrogen) atoms. The van der Waals surface area contributed by atoms with Crippen molar-refractivity contribution in [1.29, 1.82) is 0 Å². The average Bonchev–Trinajstić information content (AvgIpc) is 3.13. The Morgan fingerprint density at radius 2 is 2.16 bits per heavy atom. The highest BCUT2D eigenvalue weighted by Gasteiger charge is 2.17. The zero-order valence-electron chi connectivity index (χ0n) is 14.8. The van der Waals surface area contributed by atoms with E-state index in [1.807, 2.05) is 24.4 Å². The second kappa shape index (κ2) is 6.84. The van der Waals surface area contributed by atoms with Gasteiger partial charge in [0.15, 0.2) is 5.58 Å². The maximum absolute atomic E-state index is 12.5. The second-order valence-corrected chi connectivity index (χ2v) is 7.40. The van der Waals surface area contributed by atoms with E-state index in [0.717, 1.165) is 16.3 Å². The van der Waals surface area contributed by atoms with Crippen LogP contribution in [0.15, 0.2) is 32.8 Å². The normalized spacial score (nSPS) is 11.4. The van der Waals surface area contributed by atoms with E-state index in [4.69, 9.17) is 4.42 Å². The Hall–Kier alpha value is -2.41. The number of nitrogens with zero attached hydrogens (tertiary/aromatic N) is 3. The van der Waals surface area contributed by atoms with Gasteiger partial charge in [-0.25, -0.2) is 9.78 Å². The smallest absolute Gasteiger partial charge is 0.408 e. The lowest BCUT2D eigenvalue weighted by Gasteiger charge is -2.16. The van der Waals surface area contributed by atoms with Crippen molar-refractivity contribution in [2.24, 2.45) is 0 Å². The minimum Gasteiger partial charge on any atom is -0.408 e. The van der Waals surface area contributed by atoms with Crippen molar-refractivity contribution in [3.8, 4) is 0 Å². The molecule has 1 amide bonds. The molecule has 0 bridgehead atoms. The van der Waals surface area contributed by atoms with Gasteiger partial charge in [0.1, 0.15) is 6.54 Å². The van der Waals surface area contributed by atoms with E-state index in [9.17, 15) is 9.59 Å². The molecule has 6 nitrogen and oxygen atoms in total. The fraction of sp³-hybridized carbons (Fsp3) is 0.389. The van der Waals surface area contributed by atoms with Crippen LogP contribution in [-0.2, 0) is 17.9 Å². The number of benzene rings is 1. The van der Waals surface area contributed by atoms with Crippen LogP contribution in [0.3, 0.4) is 0 Å².